The first kappa shape index (κ1) is 11.2. The van der Waals surface area contributed by atoms with Gasteiger partial charge in [-0.25, -0.2) is 8.42 Å². The van der Waals surface area contributed by atoms with E-state index in [9.17, 15) is 8.42 Å². The van der Waals surface area contributed by atoms with Crippen LogP contribution in [0, 0.1) is 29.6 Å². The van der Waals surface area contributed by atoms with Crippen molar-refractivity contribution in [3.8, 4) is 0 Å². The van der Waals surface area contributed by atoms with Gasteiger partial charge in [0, 0.05) is 5.92 Å². The van der Waals surface area contributed by atoms with E-state index in [1.165, 1.54) is 0 Å². The molecule has 0 saturated heterocycles. The van der Waals surface area contributed by atoms with Crippen molar-refractivity contribution < 1.29 is 8.42 Å². The van der Waals surface area contributed by atoms with E-state index in [1.807, 2.05) is 6.07 Å². The standard InChI is InChI=1S/C14H13BrO2S/c15-11-6-9-12-13(9)14(12)10(11)7-18(16,17)8-4-2-1-3-5-8/h1-6,9-10,12-14H,7H2. The summed E-state index contributed by atoms with van der Waals surface area (Å²) in [6.07, 6.45) is 2.24. The highest BCUT2D eigenvalue weighted by atomic mass is 79.9. The molecule has 0 amide bonds. The van der Waals surface area contributed by atoms with Gasteiger partial charge in [0.1, 0.15) is 0 Å². The molecule has 0 N–H and O–H groups in total. The Bertz CT molecular complexity index is 625. The van der Waals surface area contributed by atoms with Crippen molar-refractivity contribution in [2.24, 2.45) is 29.6 Å². The van der Waals surface area contributed by atoms with E-state index in [2.05, 4.69) is 22.0 Å². The summed E-state index contributed by atoms with van der Waals surface area (Å²) < 4.78 is 25.9. The first-order chi connectivity index (χ1) is 8.59. The maximum atomic E-state index is 12.4. The Morgan fingerprint density at radius 1 is 1.06 bits per heavy atom. The molecular formula is C14H13BrO2S. The minimum Gasteiger partial charge on any atom is -0.224 e. The summed E-state index contributed by atoms with van der Waals surface area (Å²) in [4.78, 5) is 0.446. The van der Waals surface area contributed by atoms with Gasteiger partial charge in [0.05, 0.1) is 10.6 Å². The quantitative estimate of drug-likeness (QED) is 0.856. The second kappa shape index (κ2) is 3.48. The summed E-state index contributed by atoms with van der Waals surface area (Å²) in [7, 11) is -3.16. The number of sulfone groups is 1. The number of allylic oxidation sites excluding steroid dienone is 2. The maximum Gasteiger partial charge on any atom is 0.179 e. The Morgan fingerprint density at radius 3 is 2.39 bits per heavy atom. The van der Waals surface area contributed by atoms with Crippen LogP contribution in [0.25, 0.3) is 0 Å². The Balaban J connectivity index is 1.62. The van der Waals surface area contributed by atoms with Crippen LogP contribution in [0.3, 0.4) is 0 Å². The molecule has 0 spiro atoms. The second-order valence-corrected chi connectivity index (χ2v) is 8.51. The van der Waals surface area contributed by atoms with Gasteiger partial charge < -0.3 is 0 Å². The zero-order chi connectivity index (χ0) is 12.5. The summed E-state index contributed by atoms with van der Waals surface area (Å²) in [5.74, 6) is 3.45. The van der Waals surface area contributed by atoms with Crippen molar-refractivity contribution in [3.63, 3.8) is 0 Å². The molecule has 5 rings (SSSR count). The van der Waals surface area contributed by atoms with Crippen molar-refractivity contribution in [1.29, 1.82) is 0 Å². The summed E-state index contributed by atoms with van der Waals surface area (Å²) in [5.41, 5.74) is 0. The van der Waals surface area contributed by atoms with Crippen molar-refractivity contribution in [3.05, 3.63) is 40.9 Å². The number of fused-ring (bicyclic) bond motifs is 1. The molecule has 0 radical (unpaired) electrons. The van der Waals surface area contributed by atoms with Gasteiger partial charge in [0.2, 0.25) is 0 Å². The van der Waals surface area contributed by atoms with Crippen molar-refractivity contribution in [2.75, 3.05) is 5.75 Å². The monoisotopic (exact) mass is 324 g/mol. The highest BCUT2D eigenvalue weighted by Gasteiger charge is 2.76. The fourth-order valence-electron chi connectivity index (χ4n) is 3.54. The molecule has 3 unspecified atom stereocenters. The average Bonchev–Trinajstić information content (AvgIpc) is 3.23. The second-order valence-electron chi connectivity index (χ2n) is 5.56. The molecule has 4 aliphatic carbocycles. The lowest BCUT2D eigenvalue weighted by Crippen LogP contribution is -2.26. The van der Waals surface area contributed by atoms with Gasteiger partial charge >= 0.3 is 0 Å². The lowest BCUT2D eigenvalue weighted by molar-refractivity contribution is 0.409. The van der Waals surface area contributed by atoms with Crippen LogP contribution in [-0.2, 0) is 9.84 Å². The molecule has 1 aromatic rings. The largest absolute Gasteiger partial charge is 0.224 e. The van der Waals surface area contributed by atoms with Crippen LogP contribution in [0.2, 0.25) is 0 Å². The zero-order valence-corrected chi connectivity index (χ0v) is 12.1. The number of rotatable bonds is 3. The van der Waals surface area contributed by atoms with Crippen LogP contribution in [0.5, 0.6) is 0 Å². The molecule has 2 saturated carbocycles. The third kappa shape index (κ3) is 1.48. The van der Waals surface area contributed by atoms with E-state index >= 15 is 0 Å². The number of hydrogen-bond donors (Lipinski definition) is 0. The Morgan fingerprint density at radius 2 is 1.72 bits per heavy atom. The Kier molecular flexibility index (Phi) is 2.17. The predicted molar refractivity (Wildman–Crippen MR) is 73.0 cm³/mol. The molecule has 2 nitrogen and oxygen atoms in total. The number of halogens is 1. The fraction of sp³-hybridized carbons (Fsp3) is 0.429. The molecule has 1 aromatic carbocycles. The molecule has 18 heavy (non-hydrogen) atoms. The lowest BCUT2D eigenvalue weighted by Gasteiger charge is -2.26. The normalized spacial score (nSPS) is 39.8. The summed E-state index contributed by atoms with van der Waals surface area (Å²) in [6, 6.07) is 8.78. The topological polar surface area (TPSA) is 34.1 Å². The average molecular weight is 325 g/mol. The third-order valence-corrected chi connectivity index (χ3v) is 7.25. The van der Waals surface area contributed by atoms with Gasteiger partial charge in [-0.15, -0.1) is 0 Å². The Labute approximate surface area is 115 Å². The molecule has 0 heterocycles. The van der Waals surface area contributed by atoms with Gasteiger partial charge in [-0.1, -0.05) is 40.2 Å². The van der Waals surface area contributed by atoms with Crippen molar-refractivity contribution in [2.45, 2.75) is 4.90 Å². The Hall–Kier alpha value is -0.610. The van der Waals surface area contributed by atoms with E-state index in [0.717, 1.165) is 22.2 Å². The van der Waals surface area contributed by atoms with Crippen LogP contribution in [0.15, 0.2) is 45.8 Å². The first-order valence-corrected chi connectivity index (χ1v) is 8.69. The van der Waals surface area contributed by atoms with Crippen molar-refractivity contribution in [1.82, 2.24) is 0 Å². The van der Waals surface area contributed by atoms with E-state index in [1.54, 1.807) is 24.3 Å². The van der Waals surface area contributed by atoms with Gasteiger partial charge in [-0.2, -0.15) is 0 Å². The maximum absolute atomic E-state index is 12.4. The van der Waals surface area contributed by atoms with Crippen LogP contribution in [0.4, 0.5) is 0 Å². The number of hydrogen-bond acceptors (Lipinski definition) is 2. The highest BCUT2D eigenvalue weighted by Crippen LogP contribution is 2.79. The van der Waals surface area contributed by atoms with E-state index in [0.29, 0.717) is 10.8 Å². The smallest absolute Gasteiger partial charge is 0.179 e. The lowest BCUT2D eigenvalue weighted by atomic mass is 9.86. The van der Waals surface area contributed by atoms with Crippen molar-refractivity contribution >= 4 is 25.8 Å². The van der Waals surface area contributed by atoms with Crippen LogP contribution < -0.4 is 0 Å². The molecule has 2 bridgehead atoms. The molecule has 3 atom stereocenters. The third-order valence-electron chi connectivity index (χ3n) is 4.61. The number of benzene rings is 1. The molecule has 94 valence electrons. The fourth-order valence-corrected chi connectivity index (χ4v) is 6.16. The first-order valence-electron chi connectivity index (χ1n) is 6.24. The van der Waals surface area contributed by atoms with Crippen LogP contribution in [0.1, 0.15) is 0 Å². The van der Waals surface area contributed by atoms with Gasteiger partial charge in [0.15, 0.2) is 9.84 Å². The van der Waals surface area contributed by atoms with Gasteiger partial charge in [-0.05, 0) is 40.3 Å². The minimum absolute atomic E-state index is 0.190. The molecule has 4 aliphatic rings. The summed E-state index contributed by atoms with van der Waals surface area (Å²) >= 11 is 3.56. The van der Waals surface area contributed by atoms with E-state index < -0.39 is 9.84 Å². The van der Waals surface area contributed by atoms with Crippen LogP contribution in [-0.4, -0.2) is 14.2 Å². The zero-order valence-electron chi connectivity index (χ0n) is 9.66. The molecule has 2 fully saturated rings. The van der Waals surface area contributed by atoms with Gasteiger partial charge in [-0.3, -0.25) is 0 Å². The molecular weight excluding hydrogens is 312 g/mol. The SMILES string of the molecule is O=S(=O)(CC1C(Br)=CC2C3C1C23)c1ccccc1. The van der Waals surface area contributed by atoms with E-state index in [-0.39, 0.29) is 11.7 Å². The highest BCUT2D eigenvalue weighted by molar-refractivity contribution is 9.11. The minimum atomic E-state index is -3.16. The molecule has 4 heteroatoms. The molecule has 0 aliphatic heterocycles. The van der Waals surface area contributed by atoms with Crippen LogP contribution >= 0.6 is 15.9 Å². The van der Waals surface area contributed by atoms with E-state index in [4.69, 9.17) is 0 Å². The summed E-state index contributed by atoms with van der Waals surface area (Å²) in [5, 5.41) is 0. The predicted octanol–water partition coefficient (Wildman–Crippen LogP) is 2.86. The summed E-state index contributed by atoms with van der Waals surface area (Å²) in [6.45, 7) is 0. The van der Waals surface area contributed by atoms with Gasteiger partial charge in [0.25, 0.3) is 0 Å². The molecule has 0 aromatic heterocycles.